The quantitative estimate of drug-likeness (QED) is 0.787. The number of aromatic amines is 1. The average Bonchev–Trinajstić information content (AvgIpc) is 3.08. The van der Waals surface area contributed by atoms with Gasteiger partial charge in [-0.15, -0.1) is 0 Å². The number of hydrogen-bond acceptors (Lipinski definition) is 4. The highest BCUT2D eigenvalue weighted by atomic mass is 19.1. The van der Waals surface area contributed by atoms with Gasteiger partial charge in [0.2, 0.25) is 0 Å². The second-order valence-corrected chi connectivity index (χ2v) is 7.01. The average molecular weight is 352 g/mol. The second kappa shape index (κ2) is 6.37. The van der Waals surface area contributed by atoms with Gasteiger partial charge in [0.1, 0.15) is 5.82 Å². The normalized spacial score (nSPS) is 19.0. The van der Waals surface area contributed by atoms with E-state index in [2.05, 4.69) is 19.8 Å². The molecular weight excluding hydrogens is 331 g/mol. The molecule has 2 aliphatic rings. The van der Waals surface area contributed by atoms with Gasteiger partial charge in [-0.1, -0.05) is 6.07 Å². The molecule has 2 aromatic carbocycles. The fourth-order valence-corrected chi connectivity index (χ4v) is 3.82. The minimum absolute atomic E-state index is 0.184. The number of halogens is 1. The van der Waals surface area contributed by atoms with Crippen LogP contribution in [-0.4, -0.2) is 60.3 Å². The highest BCUT2D eigenvalue weighted by Crippen LogP contribution is 2.29. The summed E-state index contributed by atoms with van der Waals surface area (Å²) in [5.74, 6) is -0.184. The van der Waals surface area contributed by atoms with Crippen LogP contribution < -0.4 is 4.90 Å². The Balaban J connectivity index is 1.34. The van der Waals surface area contributed by atoms with Crippen LogP contribution in [0.15, 0.2) is 42.7 Å². The molecule has 3 aromatic rings. The number of aromatic nitrogens is 2. The van der Waals surface area contributed by atoms with Crippen LogP contribution in [0.1, 0.15) is 0 Å². The predicted molar refractivity (Wildman–Crippen MR) is 99.9 cm³/mol. The number of nitrogens with zero attached hydrogens (tertiary/aromatic N) is 3. The van der Waals surface area contributed by atoms with Crippen LogP contribution in [0.5, 0.6) is 0 Å². The monoisotopic (exact) mass is 352 g/mol. The van der Waals surface area contributed by atoms with E-state index in [0.717, 1.165) is 61.7 Å². The first-order chi connectivity index (χ1) is 12.8. The molecule has 0 radical (unpaired) electrons. The molecule has 2 aliphatic heterocycles. The Morgan fingerprint density at radius 1 is 1.04 bits per heavy atom. The molecule has 1 N–H and O–H groups in total. The van der Waals surface area contributed by atoms with Crippen LogP contribution in [0, 0.1) is 5.82 Å². The Bertz CT molecular complexity index is 928. The number of anilines is 1. The van der Waals surface area contributed by atoms with Crippen molar-refractivity contribution in [2.24, 2.45) is 0 Å². The van der Waals surface area contributed by atoms with Gasteiger partial charge in [-0.25, -0.2) is 9.37 Å². The number of rotatable bonds is 3. The Morgan fingerprint density at radius 3 is 2.62 bits per heavy atom. The zero-order valence-corrected chi connectivity index (χ0v) is 14.5. The van der Waals surface area contributed by atoms with Crippen molar-refractivity contribution >= 4 is 16.7 Å². The third-order valence-corrected chi connectivity index (χ3v) is 5.50. The van der Waals surface area contributed by atoms with E-state index < -0.39 is 0 Å². The van der Waals surface area contributed by atoms with E-state index in [1.807, 2.05) is 30.3 Å². The number of ether oxygens (including phenoxy) is 1. The zero-order chi connectivity index (χ0) is 17.5. The van der Waals surface area contributed by atoms with Crippen molar-refractivity contribution in [3.05, 3.63) is 48.5 Å². The summed E-state index contributed by atoms with van der Waals surface area (Å²) in [4.78, 5) is 12.0. The van der Waals surface area contributed by atoms with Gasteiger partial charge in [-0.3, -0.25) is 4.90 Å². The topological polar surface area (TPSA) is 44.4 Å². The summed E-state index contributed by atoms with van der Waals surface area (Å²) < 4.78 is 20.1. The Kier molecular flexibility index (Phi) is 3.87. The first-order valence-corrected chi connectivity index (χ1v) is 9.08. The van der Waals surface area contributed by atoms with Gasteiger partial charge in [0.05, 0.1) is 36.6 Å². The highest BCUT2D eigenvalue weighted by molar-refractivity contribution is 5.82. The minimum atomic E-state index is -0.184. The number of hydrogen-bond donors (Lipinski definition) is 1. The van der Waals surface area contributed by atoms with Gasteiger partial charge in [0.15, 0.2) is 0 Å². The summed E-state index contributed by atoms with van der Waals surface area (Å²) >= 11 is 0. The molecule has 2 saturated heterocycles. The lowest BCUT2D eigenvalue weighted by molar-refractivity contribution is -0.0660. The lowest BCUT2D eigenvalue weighted by Gasteiger charge is -2.43. The molecule has 6 heteroatoms. The molecule has 2 fully saturated rings. The molecule has 0 aliphatic carbocycles. The zero-order valence-electron chi connectivity index (χ0n) is 14.5. The number of H-pyrrole nitrogens is 1. The molecular formula is C20H21FN4O. The van der Waals surface area contributed by atoms with Gasteiger partial charge in [-0.05, 0) is 35.9 Å². The van der Waals surface area contributed by atoms with E-state index in [0.29, 0.717) is 11.6 Å². The van der Waals surface area contributed by atoms with Crippen molar-refractivity contribution in [2.75, 3.05) is 44.3 Å². The van der Waals surface area contributed by atoms with Gasteiger partial charge < -0.3 is 14.6 Å². The summed E-state index contributed by atoms with van der Waals surface area (Å²) in [5, 5.41) is 0. The predicted octanol–water partition coefficient (Wildman–Crippen LogP) is 2.89. The highest BCUT2D eigenvalue weighted by Gasteiger charge is 2.29. The van der Waals surface area contributed by atoms with Crippen molar-refractivity contribution in [3.8, 4) is 11.1 Å². The maximum Gasteiger partial charge on any atom is 0.133 e. The maximum absolute atomic E-state index is 14.8. The number of piperazine rings is 1. The second-order valence-electron chi connectivity index (χ2n) is 7.01. The van der Waals surface area contributed by atoms with E-state index in [1.54, 1.807) is 12.4 Å². The molecule has 3 heterocycles. The van der Waals surface area contributed by atoms with E-state index in [1.165, 1.54) is 0 Å². The maximum atomic E-state index is 14.8. The van der Waals surface area contributed by atoms with E-state index in [-0.39, 0.29) is 5.82 Å². The molecule has 1 aromatic heterocycles. The largest absolute Gasteiger partial charge is 0.378 e. The molecule has 0 bridgehead atoms. The Hall–Kier alpha value is -2.44. The smallest absolute Gasteiger partial charge is 0.133 e. The van der Waals surface area contributed by atoms with Crippen LogP contribution in [0.25, 0.3) is 22.2 Å². The Labute approximate surface area is 151 Å². The molecule has 0 spiro atoms. The van der Waals surface area contributed by atoms with Crippen molar-refractivity contribution in [2.45, 2.75) is 6.04 Å². The third-order valence-electron chi connectivity index (χ3n) is 5.50. The van der Waals surface area contributed by atoms with Crippen LogP contribution in [0.4, 0.5) is 10.1 Å². The number of imidazole rings is 1. The standard InChI is InChI=1S/C20H21FN4O/c21-18-10-15(24-5-7-25(8-6-24)16-11-26-12-16)2-3-17(18)14-1-4-19-20(9-14)23-13-22-19/h1-4,9-10,13,16H,5-8,11-12H2,(H,22,23). The van der Waals surface area contributed by atoms with Crippen molar-refractivity contribution in [1.82, 2.24) is 14.9 Å². The molecule has 0 atom stereocenters. The lowest BCUT2D eigenvalue weighted by Crippen LogP contribution is -2.56. The van der Waals surface area contributed by atoms with Gasteiger partial charge in [0.25, 0.3) is 0 Å². The summed E-state index contributed by atoms with van der Waals surface area (Å²) in [5.41, 5.74) is 4.25. The summed E-state index contributed by atoms with van der Waals surface area (Å²) in [6.07, 6.45) is 1.66. The fraction of sp³-hybridized carbons (Fsp3) is 0.350. The number of fused-ring (bicyclic) bond motifs is 1. The van der Waals surface area contributed by atoms with E-state index in [4.69, 9.17) is 4.74 Å². The van der Waals surface area contributed by atoms with Gasteiger partial charge in [0, 0.05) is 37.4 Å². The molecule has 0 unspecified atom stereocenters. The Morgan fingerprint density at radius 2 is 1.88 bits per heavy atom. The van der Waals surface area contributed by atoms with E-state index >= 15 is 0 Å². The van der Waals surface area contributed by atoms with Crippen molar-refractivity contribution in [1.29, 1.82) is 0 Å². The third kappa shape index (κ3) is 2.75. The summed E-state index contributed by atoms with van der Waals surface area (Å²) in [6.45, 7) is 5.57. The van der Waals surface area contributed by atoms with Crippen LogP contribution in [0.3, 0.4) is 0 Å². The van der Waals surface area contributed by atoms with Gasteiger partial charge >= 0.3 is 0 Å². The molecule has 0 amide bonds. The molecule has 0 saturated carbocycles. The van der Waals surface area contributed by atoms with Crippen LogP contribution in [0.2, 0.25) is 0 Å². The fourth-order valence-electron chi connectivity index (χ4n) is 3.82. The molecule has 5 nitrogen and oxygen atoms in total. The van der Waals surface area contributed by atoms with Gasteiger partial charge in [-0.2, -0.15) is 0 Å². The molecule has 26 heavy (non-hydrogen) atoms. The number of nitrogens with one attached hydrogen (secondary N) is 1. The first kappa shape index (κ1) is 15.8. The molecule has 5 rings (SSSR count). The SMILES string of the molecule is Fc1cc(N2CCN(C3COC3)CC2)ccc1-c1ccc2nc[nH]c2c1. The first-order valence-electron chi connectivity index (χ1n) is 9.08. The molecule has 134 valence electrons. The minimum Gasteiger partial charge on any atom is -0.378 e. The summed E-state index contributed by atoms with van der Waals surface area (Å²) in [7, 11) is 0. The van der Waals surface area contributed by atoms with Crippen LogP contribution >= 0.6 is 0 Å². The number of benzene rings is 2. The van der Waals surface area contributed by atoms with Crippen LogP contribution in [-0.2, 0) is 4.74 Å². The summed E-state index contributed by atoms with van der Waals surface area (Å²) in [6, 6.07) is 11.9. The lowest BCUT2D eigenvalue weighted by atomic mass is 10.0. The van der Waals surface area contributed by atoms with E-state index in [9.17, 15) is 4.39 Å². The van der Waals surface area contributed by atoms with Crippen molar-refractivity contribution < 1.29 is 9.13 Å². The van der Waals surface area contributed by atoms with Crippen molar-refractivity contribution in [3.63, 3.8) is 0 Å².